The number of rotatable bonds is 3. The van der Waals surface area contributed by atoms with Crippen LogP contribution < -0.4 is 4.90 Å². The van der Waals surface area contributed by atoms with E-state index in [0.29, 0.717) is 50.1 Å². The van der Waals surface area contributed by atoms with Crippen LogP contribution in [0.3, 0.4) is 0 Å². The van der Waals surface area contributed by atoms with E-state index in [-0.39, 0.29) is 6.07 Å². The zero-order chi connectivity index (χ0) is 35.7. The van der Waals surface area contributed by atoms with Crippen molar-refractivity contribution >= 4 is 44.8 Å². The number of benzene rings is 6. The van der Waals surface area contributed by atoms with E-state index in [1.807, 2.05) is 36.4 Å². The second-order valence-corrected chi connectivity index (χ2v) is 13.2. The van der Waals surface area contributed by atoms with Gasteiger partial charge >= 0.3 is 12.4 Å². The number of hydrogen-bond acceptors (Lipinski definition) is 3. The van der Waals surface area contributed by atoms with Gasteiger partial charge in [-0.1, -0.05) is 109 Å². The van der Waals surface area contributed by atoms with Crippen molar-refractivity contribution in [3.8, 4) is 0 Å². The summed E-state index contributed by atoms with van der Waals surface area (Å²) in [6, 6.07) is 32.4. The number of hydrogen-bond donors (Lipinski definition) is 0. The predicted molar refractivity (Wildman–Crippen MR) is 177 cm³/mol. The van der Waals surface area contributed by atoms with Gasteiger partial charge in [-0.15, -0.1) is 0 Å². The van der Waals surface area contributed by atoms with Crippen molar-refractivity contribution in [2.75, 3.05) is 4.90 Å². The first-order valence-corrected chi connectivity index (χ1v) is 16.1. The molecule has 51 heavy (non-hydrogen) atoms. The Morgan fingerprint density at radius 3 is 1.20 bits per heavy atom. The Bertz CT molecular complexity index is 2330. The Morgan fingerprint density at radius 1 is 0.471 bits per heavy atom. The first-order valence-electron chi connectivity index (χ1n) is 16.1. The summed E-state index contributed by atoms with van der Waals surface area (Å²) in [6.45, 7) is 0. The third-order valence-electron chi connectivity index (χ3n) is 11.0. The van der Waals surface area contributed by atoms with Crippen LogP contribution >= 0.6 is 0 Å². The Kier molecular flexibility index (Phi) is 6.22. The molecule has 9 rings (SSSR count). The van der Waals surface area contributed by atoms with Crippen LogP contribution in [0.5, 0.6) is 0 Å². The topological polar surface area (TPSA) is 54.5 Å². The van der Waals surface area contributed by atoms with E-state index in [0.717, 1.165) is 10.8 Å². The molecule has 4 nitrogen and oxygen atoms in total. The molecule has 252 valence electrons. The molecule has 6 aromatic carbocycles. The third kappa shape index (κ3) is 3.79. The molecule has 0 N–H and O–H groups in total. The van der Waals surface area contributed by atoms with Crippen LogP contribution in [0.15, 0.2) is 127 Å². The highest BCUT2D eigenvalue weighted by Gasteiger charge is 2.82. The van der Waals surface area contributed by atoms with Gasteiger partial charge < -0.3 is 0 Å². The van der Waals surface area contributed by atoms with Gasteiger partial charge in [-0.2, -0.15) is 26.3 Å². The minimum Gasteiger partial charge on any atom is -0.297 e. The summed E-state index contributed by atoms with van der Waals surface area (Å²) in [5.74, 6) is -5.53. The molecule has 10 heteroatoms. The van der Waals surface area contributed by atoms with Gasteiger partial charge in [-0.05, 0) is 62.0 Å². The fraction of sp³-hybridized carbons (Fsp3) is 0.146. The Labute approximate surface area is 285 Å². The van der Waals surface area contributed by atoms with Gasteiger partial charge in [0.25, 0.3) is 0 Å². The lowest BCUT2D eigenvalue weighted by atomic mass is 9.59. The molecule has 0 spiro atoms. The number of carbonyl (C=O) groups is 3. The first kappa shape index (κ1) is 31.2. The molecule has 1 aliphatic heterocycles. The van der Waals surface area contributed by atoms with Gasteiger partial charge in [0.1, 0.15) is 0 Å². The summed E-state index contributed by atoms with van der Waals surface area (Å²) in [7, 11) is 0. The number of imide groups is 1. The molecule has 1 heterocycles. The maximum absolute atomic E-state index is 15.9. The Balaban J connectivity index is 1.45. The molecule has 2 aliphatic carbocycles. The van der Waals surface area contributed by atoms with Crippen molar-refractivity contribution in [2.24, 2.45) is 11.8 Å². The van der Waals surface area contributed by atoms with Crippen molar-refractivity contribution in [1.29, 1.82) is 0 Å². The van der Waals surface area contributed by atoms with Crippen LogP contribution in [0.1, 0.15) is 33.4 Å². The highest BCUT2D eigenvalue weighted by Crippen LogP contribution is 2.72. The zero-order valence-corrected chi connectivity index (χ0v) is 26.2. The molecule has 1 saturated heterocycles. The summed E-state index contributed by atoms with van der Waals surface area (Å²) in [5.41, 5.74) is -6.08. The lowest BCUT2D eigenvalue weighted by Crippen LogP contribution is -2.45. The summed E-state index contributed by atoms with van der Waals surface area (Å²) >= 11 is 0. The van der Waals surface area contributed by atoms with Gasteiger partial charge in [0.05, 0.1) is 39.5 Å². The molecule has 0 radical (unpaired) electrons. The maximum Gasteiger partial charge on any atom is 0.416 e. The van der Waals surface area contributed by atoms with E-state index in [1.165, 1.54) is 0 Å². The molecular weight excluding hydrogens is 668 g/mol. The molecule has 2 fully saturated rings. The molecule has 3 aliphatic rings. The molecule has 1 saturated carbocycles. The molecule has 2 bridgehead atoms. The van der Waals surface area contributed by atoms with Crippen LogP contribution in [0.25, 0.3) is 21.5 Å². The smallest absolute Gasteiger partial charge is 0.297 e. The van der Waals surface area contributed by atoms with Gasteiger partial charge in [-0.25, -0.2) is 4.90 Å². The highest BCUT2D eigenvalue weighted by molar-refractivity contribution is 6.34. The Morgan fingerprint density at radius 2 is 0.824 bits per heavy atom. The number of alkyl halides is 6. The fourth-order valence-electron chi connectivity index (χ4n) is 9.27. The van der Waals surface area contributed by atoms with Crippen LogP contribution in [0, 0.1) is 11.8 Å². The fourth-order valence-corrected chi connectivity index (χ4v) is 9.27. The summed E-state index contributed by atoms with van der Waals surface area (Å²) < 4.78 is 84.4. The van der Waals surface area contributed by atoms with Crippen LogP contribution in [0.2, 0.25) is 0 Å². The van der Waals surface area contributed by atoms with E-state index in [4.69, 9.17) is 0 Å². The van der Waals surface area contributed by atoms with Gasteiger partial charge in [-0.3, -0.25) is 14.4 Å². The standard InChI is InChI=1S/C41H23F6NO3/c42-40(43,44)24-19-25(41(45,46)47)21-26(20-24)48-35(49)33-34(36(48)50)39(23-13-5-2-6-14-23)32-30-18-10-8-16-28(30)27-15-7-9-17-29(27)31(32)38(33,37(39)51)22-11-3-1-4-12-22/h1-21,33-34H/t33-,34+,38+,39-. The lowest BCUT2D eigenvalue weighted by molar-refractivity contribution is -0.143. The second-order valence-electron chi connectivity index (χ2n) is 13.2. The third-order valence-corrected chi connectivity index (χ3v) is 11.0. The highest BCUT2D eigenvalue weighted by atomic mass is 19.4. The number of amides is 2. The van der Waals surface area contributed by atoms with E-state index in [9.17, 15) is 26.3 Å². The predicted octanol–water partition coefficient (Wildman–Crippen LogP) is 9.00. The van der Waals surface area contributed by atoms with Crippen molar-refractivity contribution in [3.63, 3.8) is 0 Å². The van der Waals surface area contributed by atoms with Crippen LogP contribution in [0.4, 0.5) is 32.0 Å². The van der Waals surface area contributed by atoms with E-state index >= 15 is 14.4 Å². The minimum atomic E-state index is -5.22. The average Bonchev–Trinajstić information content (AvgIpc) is 3.64. The summed E-state index contributed by atoms with van der Waals surface area (Å²) in [6.07, 6.45) is -10.4. The van der Waals surface area contributed by atoms with Gasteiger partial charge in [0, 0.05) is 0 Å². The number of nitrogens with zero attached hydrogens (tertiary/aromatic N) is 1. The summed E-state index contributed by atoms with van der Waals surface area (Å²) in [4.78, 5) is 46.3. The normalized spacial score (nSPS) is 24.1. The van der Waals surface area contributed by atoms with E-state index in [1.54, 1.807) is 72.8 Å². The number of Topliss-reactive ketones (excluding diaryl/α,β-unsaturated/α-hetero) is 1. The molecule has 0 aromatic heterocycles. The number of carbonyl (C=O) groups excluding carboxylic acids is 3. The van der Waals surface area contributed by atoms with Crippen molar-refractivity contribution in [1.82, 2.24) is 0 Å². The summed E-state index contributed by atoms with van der Waals surface area (Å²) in [5, 5.41) is 2.86. The van der Waals surface area contributed by atoms with E-state index < -0.39 is 69.4 Å². The second kappa shape index (κ2) is 10.2. The average molecular weight is 692 g/mol. The number of anilines is 1. The monoisotopic (exact) mass is 691 g/mol. The van der Waals surface area contributed by atoms with Crippen LogP contribution in [-0.2, 0) is 37.6 Å². The molecular formula is C41H23F6NO3. The number of fused-ring (bicyclic) bond motifs is 13. The van der Waals surface area contributed by atoms with E-state index in [2.05, 4.69) is 0 Å². The minimum absolute atomic E-state index is 0.0480. The lowest BCUT2D eigenvalue weighted by Gasteiger charge is -2.38. The molecule has 0 unspecified atom stereocenters. The Hall–Kier alpha value is -5.77. The molecule has 6 aromatic rings. The number of ketones is 1. The zero-order valence-electron chi connectivity index (χ0n) is 26.2. The van der Waals surface area contributed by atoms with Crippen molar-refractivity contribution in [2.45, 2.75) is 23.2 Å². The van der Waals surface area contributed by atoms with Gasteiger partial charge in [0.2, 0.25) is 11.8 Å². The maximum atomic E-state index is 15.9. The quantitative estimate of drug-likeness (QED) is 0.106. The van der Waals surface area contributed by atoms with Crippen molar-refractivity contribution in [3.05, 3.63) is 161 Å². The van der Waals surface area contributed by atoms with Crippen LogP contribution in [-0.4, -0.2) is 17.6 Å². The first-order chi connectivity index (χ1) is 24.3. The number of halogens is 6. The van der Waals surface area contributed by atoms with Gasteiger partial charge in [0.15, 0.2) is 5.78 Å². The molecule has 2 amide bonds. The largest absolute Gasteiger partial charge is 0.416 e. The SMILES string of the molecule is O=C1[C@@H]2[C@H](C(=O)N1c1cc(C(F)(F)F)cc(C(F)(F)F)c1)[C@@]1(c3ccccc3)C(=O)[C@]2(c2ccccc2)c2c1c1ccccc1c1ccccc21. The van der Waals surface area contributed by atoms with Crippen molar-refractivity contribution < 1.29 is 40.7 Å². The molecule has 4 atom stereocenters.